The number of alkyl halides is 1. The number of hydrogen-bond donors (Lipinski definition) is 0. The summed E-state index contributed by atoms with van der Waals surface area (Å²) in [5.74, 6) is 1.09. The summed E-state index contributed by atoms with van der Waals surface area (Å²) in [7, 11) is 0. The maximum atomic E-state index is 5.81. The second-order valence-electron chi connectivity index (χ2n) is 3.22. The quantitative estimate of drug-likeness (QED) is 0.778. The van der Waals surface area contributed by atoms with Gasteiger partial charge in [0, 0.05) is 11.1 Å². The molecule has 80 valence electrons. The zero-order chi connectivity index (χ0) is 10.8. The van der Waals surface area contributed by atoms with Gasteiger partial charge >= 0.3 is 0 Å². The van der Waals surface area contributed by atoms with E-state index >= 15 is 0 Å². The number of rotatable bonds is 3. The van der Waals surface area contributed by atoms with Crippen molar-refractivity contribution in [3.63, 3.8) is 0 Å². The van der Waals surface area contributed by atoms with E-state index in [0.29, 0.717) is 18.1 Å². The summed E-state index contributed by atoms with van der Waals surface area (Å²) in [5, 5.41) is 6.58. The molecule has 1 atom stereocenters. The van der Waals surface area contributed by atoms with Crippen molar-refractivity contribution in [3.05, 3.63) is 27.8 Å². The highest BCUT2D eigenvalue weighted by molar-refractivity contribution is 7.09. The van der Waals surface area contributed by atoms with E-state index in [1.54, 1.807) is 18.3 Å². The van der Waals surface area contributed by atoms with Gasteiger partial charge in [-0.05, 0) is 13.8 Å². The van der Waals surface area contributed by atoms with Crippen molar-refractivity contribution in [2.45, 2.75) is 25.6 Å². The highest BCUT2D eigenvalue weighted by Crippen LogP contribution is 2.18. The van der Waals surface area contributed by atoms with Crippen molar-refractivity contribution in [2.75, 3.05) is 0 Å². The van der Waals surface area contributed by atoms with Crippen molar-refractivity contribution in [2.24, 2.45) is 0 Å². The number of halogens is 1. The van der Waals surface area contributed by atoms with Crippen LogP contribution in [0.1, 0.15) is 34.7 Å². The molecule has 0 radical (unpaired) electrons. The molecule has 0 amide bonds. The summed E-state index contributed by atoms with van der Waals surface area (Å²) in [6, 6.07) is 0. The van der Waals surface area contributed by atoms with E-state index in [0.717, 1.165) is 10.7 Å². The van der Waals surface area contributed by atoms with Gasteiger partial charge in [-0.25, -0.2) is 4.98 Å². The molecular formula is C9H10ClN3OS. The maximum Gasteiger partial charge on any atom is 0.244 e. The van der Waals surface area contributed by atoms with E-state index in [9.17, 15) is 0 Å². The standard InChI is InChI=1S/C9H10ClN3OS/c1-5-4-15-8(11-5)3-7-12-9(6(2)10)14-13-7/h4,6H,3H2,1-2H3. The van der Waals surface area contributed by atoms with Crippen LogP contribution in [-0.4, -0.2) is 15.1 Å². The van der Waals surface area contributed by atoms with Crippen LogP contribution in [-0.2, 0) is 6.42 Å². The SMILES string of the molecule is Cc1csc(Cc2noc(C(C)Cl)n2)n1. The van der Waals surface area contributed by atoms with Crippen LogP contribution < -0.4 is 0 Å². The fraction of sp³-hybridized carbons (Fsp3) is 0.444. The molecule has 0 spiro atoms. The van der Waals surface area contributed by atoms with E-state index in [2.05, 4.69) is 15.1 Å². The molecule has 0 fully saturated rings. The molecule has 0 saturated heterocycles. The van der Waals surface area contributed by atoms with Gasteiger partial charge in [-0.1, -0.05) is 5.16 Å². The highest BCUT2D eigenvalue weighted by atomic mass is 35.5. The molecule has 0 N–H and O–H groups in total. The van der Waals surface area contributed by atoms with Crippen molar-refractivity contribution < 1.29 is 4.52 Å². The molecule has 2 rings (SSSR count). The first-order chi connectivity index (χ1) is 7.15. The van der Waals surface area contributed by atoms with Gasteiger partial charge in [0.1, 0.15) is 10.4 Å². The number of aryl methyl sites for hydroxylation is 1. The number of aromatic nitrogens is 3. The van der Waals surface area contributed by atoms with Crippen LogP contribution in [0.15, 0.2) is 9.90 Å². The molecule has 4 nitrogen and oxygen atoms in total. The molecule has 0 aliphatic carbocycles. The lowest BCUT2D eigenvalue weighted by molar-refractivity contribution is 0.374. The second-order valence-corrected chi connectivity index (χ2v) is 4.82. The number of thiazole rings is 1. The summed E-state index contributed by atoms with van der Waals surface area (Å²) in [6.07, 6.45) is 0.603. The van der Waals surface area contributed by atoms with Crippen molar-refractivity contribution in [1.29, 1.82) is 0 Å². The minimum absolute atomic E-state index is 0.246. The number of nitrogens with zero attached hydrogens (tertiary/aromatic N) is 3. The van der Waals surface area contributed by atoms with Crippen LogP contribution in [0.3, 0.4) is 0 Å². The van der Waals surface area contributed by atoms with E-state index in [-0.39, 0.29) is 5.38 Å². The largest absolute Gasteiger partial charge is 0.338 e. The zero-order valence-corrected chi connectivity index (χ0v) is 9.97. The van der Waals surface area contributed by atoms with Crippen molar-refractivity contribution in [3.8, 4) is 0 Å². The smallest absolute Gasteiger partial charge is 0.244 e. The third-order valence-electron chi connectivity index (χ3n) is 1.80. The van der Waals surface area contributed by atoms with Crippen molar-refractivity contribution in [1.82, 2.24) is 15.1 Å². The normalized spacial score (nSPS) is 13.0. The van der Waals surface area contributed by atoms with Gasteiger partial charge in [0.15, 0.2) is 5.82 Å². The lowest BCUT2D eigenvalue weighted by Gasteiger charge is -1.90. The van der Waals surface area contributed by atoms with Gasteiger partial charge in [0.05, 0.1) is 6.42 Å². The lowest BCUT2D eigenvalue weighted by Crippen LogP contribution is -1.91. The Morgan fingerprint density at radius 2 is 2.33 bits per heavy atom. The van der Waals surface area contributed by atoms with Crippen LogP contribution in [0.2, 0.25) is 0 Å². The molecule has 2 aromatic heterocycles. The summed E-state index contributed by atoms with van der Waals surface area (Å²) >= 11 is 7.41. The highest BCUT2D eigenvalue weighted by Gasteiger charge is 2.12. The molecule has 2 aromatic rings. The first-order valence-corrected chi connectivity index (χ1v) is 5.84. The Hall–Kier alpha value is -0.940. The Kier molecular flexibility index (Phi) is 3.02. The first kappa shape index (κ1) is 10.6. The molecule has 0 aliphatic heterocycles. The summed E-state index contributed by atoms with van der Waals surface area (Å²) < 4.78 is 4.99. The summed E-state index contributed by atoms with van der Waals surface area (Å²) in [6.45, 7) is 3.76. The van der Waals surface area contributed by atoms with Crippen LogP contribution in [0.25, 0.3) is 0 Å². The van der Waals surface area contributed by atoms with Gasteiger partial charge in [0.25, 0.3) is 0 Å². The number of hydrogen-bond acceptors (Lipinski definition) is 5. The second kappa shape index (κ2) is 4.28. The molecule has 2 heterocycles. The van der Waals surface area contributed by atoms with Gasteiger partial charge in [-0.3, -0.25) is 0 Å². The molecule has 6 heteroatoms. The van der Waals surface area contributed by atoms with Gasteiger partial charge in [0.2, 0.25) is 5.89 Å². The molecule has 0 aromatic carbocycles. The topological polar surface area (TPSA) is 51.8 Å². The van der Waals surface area contributed by atoms with Crippen LogP contribution >= 0.6 is 22.9 Å². The van der Waals surface area contributed by atoms with E-state index < -0.39 is 0 Å². The predicted octanol–water partition coefficient (Wildman–Crippen LogP) is 2.73. The van der Waals surface area contributed by atoms with Gasteiger partial charge in [-0.15, -0.1) is 22.9 Å². The Morgan fingerprint density at radius 1 is 1.53 bits per heavy atom. The Morgan fingerprint density at radius 3 is 2.87 bits per heavy atom. The molecule has 15 heavy (non-hydrogen) atoms. The van der Waals surface area contributed by atoms with E-state index in [1.807, 2.05) is 12.3 Å². The Labute approximate surface area is 96.3 Å². The Bertz CT molecular complexity index is 452. The minimum atomic E-state index is -0.246. The summed E-state index contributed by atoms with van der Waals surface area (Å²) in [4.78, 5) is 8.50. The molecule has 0 aliphatic rings. The van der Waals surface area contributed by atoms with Crippen LogP contribution in [0, 0.1) is 6.92 Å². The maximum absolute atomic E-state index is 5.81. The first-order valence-electron chi connectivity index (χ1n) is 4.52. The average Bonchev–Trinajstić information content (AvgIpc) is 2.76. The lowest BCUT2D eigenvalue weighted by atomic mass is 10.4. The average molecular weight is 244 g/mol. The predicted molar refractivity (Wildman–Crippen MR) is 58.2 cm³/mol. The van der Waals surface area contributed by atoms with Gasteiger partial charge in [-0.2, -0.15) is 4.98 Å². The fourth-order valence-corrected chi connectivity index (χ4v) is 1.98. The van der Waals surface area contributed by atoms with Gasteiger partial charge < -0.3 is 4.52 Å². The Balaban J connectivity index is 2.11. The van der Waals surface area contributed by atoms with Crippen molar-refractivity contribution >= 4 is 22.9 Å². The molecule has 0 bridgehead atoms. The minimum Gasteiger partial charge on any atom is -0.338 e. The monoisotopic (exact) mass is 243 g/mol. The van der Waals surface area contributed by atoms with Crippen LogP contribution in [0.5, 0.6) is 0 Å². The van der Waals surface area contributed by atoms with E-state index in [1.165, 1.54) is 0 Å². The van der Waals surface area contributed by atoms with E-state index in [4.69, 9.17) is 16.1 Å². The molecule has 0 saturated carbocycles. The fourth-order valence-electron chi connectivity index (χ4n) is 1.12. The van der Waals surface area contributed by atoms with Crippen LogP contribution in [0.4, 0.5) is 0 Å². The third kappa shape index (κ3) is 2.54. The molecular weight excluding hydrogens is 234 g/mol. The summed E-state index contributed by atoms with van der Waals surface area (Å²) in [5.41, 5.74) is 1.02. The zero-order valence-electron chi connectivity index (χ0n) is 8.40. The molecule has 1 unspecified atom stereocenters. The third-order valence-corrected chi connectivity index (χ3v) is 2.95.